The molecule has 6 nitrogen and oxygen atoms in total. The third-order valence-electron chi connectivity index (χ3n) is 3.37. The van der Waals surface area contributed by atoms with Gasteiger partial charge in [-0.2, -0.15) is 0 Å². The van der Waals surface area contributed by atoms with Crippen molar-refractivity contribution >= 4 is 34.9 Å². The summed E-state index contributed by atoms with van der Waals surface area (Å²) in [5, 5.41) is 0.354. The Morgan fingerprint density at radius 3 is 2.65 bits per heavy atom. The minimum absolute atomic E-state index is 0.0742. The Bertz CT molecular complexity index is 792. The molecule has 0 saturated heterocycles. The molecule has 1 aliphatic heterocycles. The van der Waals surface area contributed by atoms with Gasteiger partial charge >= 0.3 is 5.97 Å². The lowest BCUT2D eigenvalue weighted by atomic mass is 10.1. The van der Waals surface area contributed by atoms with Gasteiger partial charge in [0, 0.05) is 17.4 Å². The van der Waals surface area contributed by atoms with E-state index < -0.39 is 17.7 Å². The van der Waals surface area contributed by atoms with E-state index in [-0.39, 0.29) is 18.7 Å². The maximum atomic E-state index is 12.0. The highest BCUT2D eigenvalue weighted by molar-refractivity contribution is 6.53. The van der Waals surface area contributed by atoms with Crippen LogP contribution in [0.25, 0.3) is 0 Å². The number of ether oxygens (including phenoxy) is 1. The minimum atomic E-state index is -0.761. The van der Waals surface area contributed by atoms with Crippen LogP contribution in [-0.2, 0) is 20.9 Å². The first-order valence-corrected chi connectivity index (χ1v) is 7.14. The summed E-state index contributed by atoms with van der Waals surface area (Å²) in [7, 11) is 0. The third kappa shape index (κ3) is 3.07. The van der Waals surface area contributed by atoms with Crippen molar-refractivity contribution in [1.29, 1.82) is 0 Å². The highest BCUT2D eigenvalue weighted by Gasteiger charge is 2.37. The summed E-state index contributed by atoms with van der Waals surface area (Å²) < 4.78 is 5.11. The summed E-state index contributed by atoms with van der Waals surface area (Å²) in [6, 6.07) is 7.95. The second-order valence-electron chi connectivity index (χ2n) is 4.90. The number of halogens is 1. The van der Waals surface area contributed by atoms with Gasteiger partial charge in [0.1, 0.15) is 13.2 Å². The molecule has 0 N–H and O–H groups in total. The number of rotatable bonds is 4. The summed E-state index contributed by atoms with van der Waals surface area (Å²) in [5.74, 6) is -2.04. The van der Waals surface area contributed by atoms with Crippen LogP contribution >= 0.6 is 11.6 Å². The van der Waals surface area contributed by atoms with Crippen LogP contribution in [0.3, 0.4) is 0 Å². The Balaban J connectivity index is 1.69. The predicted molar refractivity (Wildman–Crippen MR) is 82.2 cm³/mol. The van der Waals surface area contributed by atoms with Crippen molar-refractivity contribution in [2.45, 2.75) is 6.61 Å². The number of nitrogens with zero attached hydrogens (tertiary/aromatic N) is 2. The zero-order valence-electron chi connectivity index (χ0n) is 11.9. The SMILES string of the molecule is O=C(CN1C(=O)C(=O)c2cc(Cl)ccc21)OCc1ccncc1. The van der Waals surface area contributed by atoms with Crippen molar-refractivity contribution in [3.63, 3.8) is 0 Å². The molecule has 0 atom stereocenters. The number of ketones is 1. The van der Waals surface area contributed by atoms with Crippen molar-refractivity contribution in [2.75, 3.05) is 11.4 Å². The molecule has 0 fully saturated rings. The van der Waals surface area contributed by atoms with Crippen molar-refractivity contribution in [3.8, 4) is 0 Å². The lowest BCUT2D eigenvalue weighted by Gasteiger charge is -2.15. The Labute approximate surface area is 136 Å². The molecule has 0 aliphatic carbocycles. The summed E-state index contributed by atoms with van der Waals surface area (Å²) in [6.07, 6.45) is 3.18. The highest BCUT2D eigenvalue weighted by atomic mass is 35.5. The Hall–Kier alpha value is -2.73. The number of esters is 1. The number of Topliss-reactive ketones (excluding diaryl/α,β-unsaturated/α-hetero) is 1. The van der Waals surface area contributed by atoms with Gasteiger partial charge in [0.2, 0.25) is 0 Å². The molecular weight excluding hydrogens is 320 g/mol. The van der Waals surface area contributed by atoms with E-state index in [0.29, 0.717) is 10.7 Å². The summed E-state index contributed by atoms with van der Waals surface area (Å²) >= 11 is 5.83. The molecule has 1 aromatic heterocycles. The molecule has 7 heteroatoms. The number of fused-ring (bicyclic) bond motifs is 1. The molecule has 116 valence electrons. The van der Waals surface area contributed by atoms with Gasteiger partial charge in [-0.25, -0.2) is 0 Å². The smallest absolute Gasteiger partial charge is 0.326 e. The molecule has 0 spiro atoms. The minimum Gasteiger partial charge on any atom is -0.459 e. The van der Waals surface area contributed by atoms with E-state index in [1.165, 1.54) is 12.1 Å². The van der Waals surface area contributed by atoms with Crippen molar-refractivity contribution in [3.05, 3.63) is 58.9 Å². The second-order valence-corrected chi connectivity index (χ2v) is 5.33. The van der Waals surface area contributed by atoms with E-state index in [1.807, 2.05) is 0 Å². The largest absolute Gasteiger partial charge is 0.459 e. The molecule has 0 bridgehead atoms. The quantitative estimate of drug-likeness (QED) is 0.633. The molecule has 0 saturated carbocycles. The number of carbonyl (C=O) groups is 3. The van der Waals surface area contributed by atoms with Crippen LogP contribution in [0.5, 0.6) is 0 Å². The summed E-state index contributed by atoms with van der Waals surface area (Å²) in [6.45, 7) is -0.255. The number of amides is 1. The molecule has 3 rings (SSSR count). The van der Waals surface area contributed by atoms with Crippen molar-refractivity contribution in [1.82, 2.24) is 4.98 Å². The van der Waals surface area contributed by atoms with Crippen LogP contribution in [0.2, 0.25) is 5.02 Å². The van der Waals surface area contributed by atoms with Gasteiger partial charge in [-0.3, -0.25) is 24.3 Å². The number of carbonyl (C=O) groups excluding carboxylic acids is 3. The van der Waals surface area contributed by atoms with Crippen LogP contribution in [0, 0.1) is 0 Å². The Kier molecular flexibility index (Phi) is 4.08. The first-order valence-electron chi connectivity index (χ1n) is 6.76. The topological polar surface area (TPSA) is 76.6 Å². The average molecular weight is 331 g/mol. The summed E-state index contributed by atoms with van der Waals surface area (Å²) in [4.78, 5) is 40.8. The van der Waals surface area contributed by atoms with Crippen LogP contribution in [0.1, 0.15) is 15.9 Å². The molecule has 2 aromatic rings. The highest BCUT2D eigenvalue weighted by Crippen LogP contribution is 2.31. The van der Waals surface area contributed by atoms with Gasteiger partial charge in [-0.15, -0.1) is 0 Å². The van der Waals surface area contributed by atoms with Gasteiger partial charge < -0.3 is 4.74 Å². The van der Waals surface area contributed by atoms with Gasteiger partial charge in [0.05, 0.1) is 11.3 Å². The average Bonchev–Trinajstić information content (AvgIpc) is 2.79. The fourth-order valence-electron chi connectivity index (χ4n) is 2.25. The fourth-order valence-corrected chi connectivity index (χ4v) is 2.42. The lowest BCUT2D eigenvalue weighted by molar-refractivity contribution is -0.143. The first kappa shape index (κ1) is 15.2. The normalized spacial score (nSPS) is 13.2. The van der Waals surface area contributed by atoms with Gasteiger partial charge in [-0.1, -0.05) is 11.6 Å². The standard InChI is InChI=1S/C16H11ClN2O4/c17-11-1-2-13-12(7-11)15(21)16(22)19(13)8-14(20)23-9-10-3-5-18-6-4-10/h1-7H,8-9H2. The predicted octanol–water partition coefficient (Wildman–Crippen LogP) is 2.01. The number of hydrogen-bond donors (Lipinski definition) is 0. The van der Waals surface area contributed by atoms with E-state index >= 15 is 0 Å². The van der Waals surface area contributed by atoms with E-state index in [4.69, 9.17) is 16.3 Å². The zero-order chi connectivity index (χ0) is 16.4. The summed E-state index contributed by atoms with van der Waals surface area (Å²) in [5.41, 5.74) is 1.35. The van der Waals surface area contributed by atoms with Crippen LogP contribution in [0.15, 0.2) is 42.7 Å². The molecule has 1 aromatic carbocycles. The maximum Gasteiger partial charge on any atom is 0.326 e. The first-order chi connectivity index (χ1) is 11.1. The van der Waals surface area contributed by atoms with E-state index in [0.717, 1.165) is 10.5 Å². The lowest BCUT2D eigenvalue weighted by Crippen LogP contribution is -2.35. The van der Waals surface area contributed by atoms with Crippen molar-refractivity contribution < 1.29 is 19.1 Å². The zero-order valence-corrected chi connectivity index (χ0v) is 12.6. The van der Waals surface area contributed by atoms with Crippen LogP contribution in [-0.4, -0.2) is 29.2 Å². The molecule has 23 heavy (non-hydrogen) atoms. The Morgan fingerprint density at radius 2 is 1.91 bits per heavy atom. The number of pyridine rings is 1. The van der Waals surface area contributed by atoms with Gasteiger partial charge in [0.15, 0.2) is 0 Å². The van der Waals surface area contributed by atoms with Gasteiger partial charge in [0.25, 0.3) is 11.7 Å². The van der Waals surface area contributed by atoms with Crippen molar-refractivity contribution in [2.24, 2.45) is 0 Å². The number of anilines is 1. The molecule has 0 radical (unpaired) electrons. The monoisotopic (exact) mass is 330 g/mol. The maximum absolute atomic E-state index is 12.0. The number of aromatic nitrogens is 1. The molecule has 0 unspecified atom stereocenters. The van der Waals surface area contributed by atoms with E-state index in [2.05, 4.69) is 4.98 Å². The molecule has 1 aliphatic rings. The van der Waals surface area contributed by atoms with Gasteiger partial charge in [-0.05, 0) is 35.9 Å². The molecular formula is C16H11ClN2O4. The molecule has 1 amide bonds. The Morgan fingerprint density at radius 1 is 1.17 bits per heavy atom. The third-order valence-corrected chi connectivity index (χ3v) is 3.60. The van der Waals surface area contributed by atoms with E-state index in [9.17, 15) is 14.4 Å². The second kappa shape index (κ2) is 6.18. The van der Waals surface area contributed by atoms with Crippen LogP contribution in [0.4, 0.5) is 5.69 Å². The van der Waals surface area contributed by atoms with E-state index in [1.54, 1.807) is 30.6 Å². The molecule has 2 heterocycles. The number of hydrogen-bond acceptors (Lipinski definition) is 5. The van der Waals surface area contributed by atoms with Crippen LogP contribution < -0.4 is 4.90 Å². The number of benzene rings is 1. The fraction of sp³-hybridized carbons (Fsp3) is 0.125.